The van der Waals surface area contributed by atoms with Crippen molar-refractivity contribution in [2.45, 2.75) is 44.0 Å². The number of aromatic nitrogens is 2. The minimum absolute atomic E-state index is 0.0502. The number of nitrogens with zero attached hydrogens (tertiary/aromatic N) is 2. The van der Waals surface area contributed by atoms with Crippen molar-refractivity contribution in [2.75, 3.05) is 0 Å². The summed E-state index contributed by atoms with van der Waals surface area (Å²) in [5.74, 6) is -0.118. The largest absolute Gasteiger partial charge is 0.478 e. The standard InChI is InChI=1S/C24H27N3O4S/c1-2-3-9-23-26-16-21(15-20(24(28)29)14-18-7-5-4-6-8-18)27(23)17-19-10-12-22(13-11-19)32(25,30)31/h4-8,10-13,15-16H,2-3,9,14,17H2,1H3,(H,28,29)(H2,25,30,31)/b20-15+. The summed E-state index contributed by atoms with van der Waals surface area (Å²) in [5.41, 5.74) is 2.74. The Morgan fingerprint density at radius 2 is 1.78 bits per heavy atom. The second-order valence-electron chi connectivity index (χ2n) is 7.62. The number of aliphatic carboxylic acids is 1. The number of hydrogen-bond donors (Lipinski definition) is 2. The van der Waals surface area contributed by atoms with Crippen LogP contribution in [0.5, 0.6) is 0 Å². The number of carboxylic acids is 1. The predicted octanol–water partition coefficient (Wildman–Crippen LogP) is 3.63. The van der Waals surface area contributed by atoms with Crippen LogP contribution in [0.3, 0.4) is 0 Å². The van der Waals surface area contributed by atoms with Gasteiger partial charge in [0.2, 0.25) is 10.0 Å². The first-order chi connectivity index (χ1) is 15.3. The zero-order chi connectivity index (χ0) is 23.1. The molecule has 7 nitrogen and oxygen atoms in total. The van der Waals surface area contributed by atoms with Crippen LogP contribution in [0.15, 0.2) is 71.3 Å². The van der Waals surface area contributed by atoms with Gasteiger partial charge >= 0.3 is 5.97 Å². The number of primary sulfonamides is 1. The molecule has 168 valence electrons. The molecule has 0 fully saturated rings. The average Bonchev–Trinajstić information content (AvgIpc) is 3.13. The predicted molar refractivity (Wildman–Crippen MR) is 124 cm³/mol. The van der Waals surface area contributed by atoms with Crippen LogP contribution >= 0.6 is 0 Å². The summed E-state index contributed by atoms with van der Waals surface area (Å²) in [4.78, 5) is 16.5. The quantitative estimate of drug-likeness (QED) is 0.455. The van der Waals surface area contributed by atoms with Gasteiger partial charge in [-0.1, -0.05) is 55.8 Å². The summed E-state index contributed by atoms with van der Waals surface area (Å²) < 4.78 is 25.0. The van der Waals surface area contributed by atoms with Gasteiger partial charge in [-0.3, -0.25) is 0 Å². The van der Waals surface area contributed by atoms with E-state index >= 15 is 0 Å². The number of carboxylic acid groups (broad SMARTS) is 1. The molecule has 0 atom stereocenters. The zero-order valence-electron chi connectivity index (χ0n) is 17.9. The monoisotopic (exact) mass is 453 g/mol. The van der Waals surface area contributed by atoms with E-state index in [2.05, 4.69) is 11.9 Å². The number of imidazole rings is 1. The minimum Gasteiger partial charge on any atom is -0.478 e. The van der Waals surface area contributed by atoms with Gasteiger partial charge in [0, 0.05) is 25.0 Å². The second kappa shape index (κ2) is 10.4. The van der Waals surface area contributed by atoms with E-state index < -0.39 is 16.0 Å². The number of hydrogen-bond acceptors (Lipinski definition) is 4. The number of sulfonamides is 1. The van der Waals surface area contributed by atoms with Crippen molar-refractivity contribution in [1.29, 1.82) is 0 Å². The van der Waals surface area contributed by atoms with Gasteiger partial charge in [0.15, 0.2) is 0 Å². The van der Waals surface area contributed by atoms with E-state index in [1.54, 1.807) is 24.4 Å². The second-order valence-corrected chi connectivity index (χ2v) is 9.18. The average molecular weight is 454 g/mol. The third kappa shape index (κ3) is 6.15. The van der Waals surface area contributed by atoms with Gasteiger partial charge in [0.05, 0.1) is 16.8 Å². The molecule has 3 aromatic rings. The maximum atomic E-state index is 11.9. The number of benzene rings is 2. The highest BCUT2D eigenvalue weighted by Gasteiger charge is 2.14. The lowest BCUT2D eigenvalue weighted by atomic mass is 10.0. The van der Waals surface area contributed by atoms with Crippen molar-refractivity contribution >= 4 is 22.1 Å². The first-order valence-electron chi connectivity index (χ1n) is 10.4. The SMILES string of the molecule is CCCCc1ncc(/C=C(\Cc2ccccc2)C(=O)O)n1Cc1ccc(S(N)(=O)=O)cc1. The fourth-order valence-electron chi connectivity index (χ4n) is 3.41. The van der Waals surface area contributed by atoms with Gasteiger partial charge in [-0.15, -0.1) is 0 Å². The molecular weight excluding hydrogens is 426 g/mol. The number of unbranched alkanes of at least 4 members (excludes halogenated alkanes) is 1. The smallest absolute Gasteiger partial charge is 0.331 e. The topological polar surface area (TPSA) is 115 Å². The van der Waals surface area contributed by atoms with Crippen molar-refractivity contribution in [3.05, 3.63) is 89.0 Å². The highest BCUT2D eigenvalue weighted by Crippen LogP contribution is 2.19. The highest BCUT2D eigenvalue weighted by atomic mass is 32.2. The molecule has 0 amide bonds. The maximum Gasteiger partial charge on any atom is 0.331 e. The molecular formula is C24H27N3O4S. The molecule has 0 bridgehead atoms. The molecule has 1 heterocycles. The Hall–Kier alpha value is -3.23. The first-order valence-corrected chi connectivity index (χ1v) is 12.0. The molecule has 1 aromatic heterocycles. The van der Waals surface area contributed by atoms with Gasteiger partial charge in [-0.05, 0) is 35.8 Å². The molecule has 0 radical (unpaired) electrons. The molecule has 0 saturated carbocycles. The Morgan fingerprint density at radius 3 is 2.38 bits per heavy atom. The molecule has 0 unspecified atom stereocenters. The lowest BCUT2D eigenvalue weighted by Gasteiger charge is -2.12. The van der Waals surface area contributed by atoms with Crippen molar-refractivity contribution in [3.8, 4) is 0 Å². The molecule has 8 heteroatoms. The maximum absolute atomic E-state index is 11.9. The van der Waals surface area contributed by atoms with Gasteiger partial charge < -0.3 is 9.67 Å². The van der Waals surface area contributed by atoms with Crippen molar-refractivity contribution < 1.29 is 18.3 Å². The number of carbonyl (C=O) groups is 1. The molecule has 0 spiro atoms. The Labute approximate surface area is 188 Å². The summed E-state index contributed by atoms with van der Waals surface area (Å²) in [6.07, 6.45) is 6.39. The summed E-state index contributed by atoms with van der Waals surface area (Å²) in [6.45, 7) is 2.54. The van der Waals surface area contributed by atoms with Crippen LogP contribution in [-0.2, 0) is 34.2 Å². The Kier molecular flexibility index (Phi) is 7.61. The number of rotatable bonds is 10. The minimum atomic E-state index is -3.76. The summed E-state index contributed by atoms with van der Waals surface area (Å²) in [5, 5.41) is 15.0. The van der Waals surface area contributed by atoms with Gasteiger partial charge in [-0.2, -0.15) is 0 Å². The third-order valence-corrected chi connectivity index (χ3v) is 6.08. The van der Waals surface area contributed by atoms with Crippen LogP contribution in [0.2, 0.25) is 0 Å². The van der Waals surface area contributed by atoms with Crippen LogP contribution in [0.1, 0.15) is 42.4 Å². The fraction of sp³-hybridized carbons (Fsp3) is 0.250. The molecule has 2 aromatic carbocycles. The molecule has 32 heavy (non-hydrogen) atoms. The molecule has 0 aliphatic rings. The zero-order valence-corrected chi connectivity index (χ0v) is 18.8. The van der Waals surface area contributed by atoms with Crippen molar-refractivity contribution in [1.82, 2.24) is 9.55 Å². The molecule has 3 rings (SSSR count). The molecule has 0 aliphatic heterocycles. The van der Waals surface area contributed by atoms with Crippen LogP contribution in [0.4, 0.5) is 0 Å². The lowest BCUT2D eigenvalue weighted by Crippen LogP contribution is -2.12. The first kappa shape index (κ1) is 23.4. The fourth-order valence-corrected chi connectivity index (χ4v) is 3.93. The van der Waals surface area contributed by atoms with E-state index in [0.717, 1.165) is 36.2 Å². The molecule has 0 aliphatic carbocycles. The van der Waals surface area contributed by atoms with E-state index in [9.17, 15) is 18.3 Å². The van der Waals surface area contributed by atoms with E-state index in [1.165, 1.54) is 12.1 Å². The van der Waals surface area contributed by atoms with Crippen molar-refractivity contribution in [3.63, 3.8) is 0 Å². The van der Waals surface area contributed by atoms with Crippen LogP contribution in [-0.4, -0.2) is 29.0 Å². The highest BCUT2D eigenvalue weighted by molar-refractivity contribution is 7.89. The Balaban J connectivity index is 1.96. The summed E-state index contributed by atoms with van der Waals surface area (Å²) >= 11 is 0. The Morgan fingerprint density at radius 1 is 1.09 bits per heavy atom. The molecule has 3 N–H and O–H groups in total. The van der Waals surface area contributed by atoms with Crippen LogP contribution in [0.25, 0.3) is 6.08 Å². The van der Waals surface area contributed by atoms with E-state index in [0.29, 0.717) is 18.7 Å². The summed E-state index contributed by atoms with van der Waals surface area (Å²) in [7, 11) is -3.76. The van der Waals surface area contributed by atoms with Crippen molar-refractivity contribution in [2.24, 2.45) is 5.14 Å². The van der Waals surface area contributed by atoms with E-state index in [-0.39, 0.29) is 10.5 Å². The Bertz CT molecular complexity index is 1200. The van der Waals surface area contributed by atoms with Crippen LogP contribution < -0.4 is 5.14 Å². The van der Waals surface area contributed by atoms with Crippen LogP contribution in [0, 0.1) is 0 Å². The number of aryl methyl sites for hydroxylation is 1. The van der Waals surface area contributed by atoms with E-state index in [1.807, 2.05) is 34.9 Å². The van der Waals surface area contributed by atoms with Gasteiger partial charge in [0.1, 0.15) is 5.82 Å². The normalized spacial score (nSPS) is 12.1. The lowest BCUT2D eigenvalue weighted by molar-refractivity contribution is -0.132. The van der Waals surface area contributed by atoms with Gasteiger partial charge in [0.25, 0.3) is 0 Å². The van der Waals surface area contributed by atoms with E-state index in [4.69, 9.17) is 5.14 Å². The van der Waals surface area contributed by atoms with Gasteiger partial charge in [-0.25, -0.2) is 23.3 Å². The third-order valence-electron chi connectivity index (χ3n) is 5.15. The summed E-state index contributed by atoms with van der Waals surface area (Å²) in [6, 6.07) is 15.8. The number of nitrogens with two attached hydrogens (primary N) is 1. The molecule has 0 saturated heterocycles.